The maximum atomic E-state index is 12.1. The summed E-state index contributed by atoms with van der Waals surface area (Å²) < 4.78 is 0. The number of carbonyl (C=O) groups is 3. The van der Waals surface area contributed by atoms with E-state index in [9.17, 15) is 14.4 Å². The Balaban J connectivity index is 1.98. The van der Waals surface area contributed by atoms with Gasteiger partial charge in [0.05, 0.1) is 6.54 Å². The van der Waals surface area contributed by atoms with Crippen molar-refractivity contribution >= 4 is 29.1 Å². The molecule has 6 nitrogen and oxygen atoms in total. The first-order valence-electron chi connectivity index (χ1n) is 7.89. The second kappa shape index (κ2) is 8.10. The van der Waals surface area contributed by atoms with Gasteiger partial charge in [0.15, 0.2) is 0 Å². The summed E-state index contributed by atoms with van der Waals surface area (Å²) >= 11 is 0. The molecule has 0 aliphatic heterocycles. The van der Waals surface area contributed by atoms with E-state index in [0.717, 1.165) is 11.1 Å². The van der Waals surface area contributed by atoms with Crippen molar-refractivity contribution in [2.24, 2.45) is 0 Å². The number of carbonyl (C=O) groups excluding carboxylic acids is 3. The lowest BCUT2D eigenvalue weighted by Crippen LogP contribution is -2.33. The fraction of sp³-hybridized carbons (Fsp3) is 0.211. The molecular weight excluding hydrogens is 318 g/mol. The third-order valence-corrected chi connectivity index (χ3v) is 3.72. The van der Waals surface area contributed by atoms with Crippen LogP contribution < -0.4 is 16.0 Å². The van der Waals surface area contributed by atoms with Crippen molar-refractivity contribution in [1.82, 2.24) is 5.32 Å². The molecule has 0 radical (unpaired) electrons. The predicted octanol–water partition coefficient (Wildman–Crippen LogP) is 2.63. The van der Waals surface area contributed by atoms with Gasteiger partial charge >= 0.3 is 0 Å². The standard InChI is InChI=1S/C19H21N3O3/c1-12-7-4-5-8-15(12)19(25)20-11-18(24)22-17-10-6-9-16(13(17)2)21-14(3)23/h4-10H,11H2,1-3H3,(H,20,25)(H,21,23)(H,22,24). The Labute approximate surface area is 146 Å². The van der Waals surface area contributed by atoms with E-state index in [0.29, 0.717) is 16.9 Å². The minimum Gasteiger partial charge on any atom is -0.343 e. The lowest BCUT2D eigenvalue weighted by Gasteiger charge is -2.13. The zero-order valence-corrected chi connectivity index (χ0v) is 14.5. The van der Waals surface area contributed by atoms with Crippen molar-refractivity contribution in [2.45, 2.75) is 20.8 Å². The highest BCUT2D eigenvalue weighted by Crippen LogP contribution is 2.23. The normalized spacial score (nSPS) is 10.0. The molecule has 0 aliphatic carbocycles. The number of anilines is 2. The number of amides is 3. The van der Waals surface area contributed by atoms with E-state index in [2.05, 4.69) is 16.0 Å². The number of nitrogens with one attached hydrogen (secondary N) is 3. The Kier molecular flexibility index (Phi) is 5.89. The van der Waals surface area contributed by atoms with Crippen LogP contribution in [0.5, 0.6) is 0 Å². The summed E-state index contributed by atoms with van der Waals surface area (Å²) in [6, 6.07) is 12.4. The van der Waals surface area contributed by atoms with Gasteiger partial charge in [-0.15, -0.1) is 0 Å². The molecular formula is C19H21N3O3. The minimum absolute atomic E-state index is 0.142. The molecule has 0 atom stereocenters. The summed E-state index contributed by atoms with van der Waals surface area (Å²) in [6.45, 7) is 4.92. The van der Waals surface area contributed by atoms with Crippen LogP contribution >= 0.6 is 0 Å². The lowest BCUT2D eigenvalue weighted by molar-refractivity contribution is -0.115. The van der Waals surface area contributed by atoms with Gasteiger partial charge in [-0.3, -0.25) is 14.4 Å². The second-order valence-electron chi connectivity index (χ2n) is 5.71. The molecule has 130 valence electrons. The molecule has 0 heterocycles. The molecule has 25 heavy (non-hydrogen) atoms. The second-order valence-corrected chi connectivity index (χ2v) is 5.71. The highest BCUT2D eigenvalue weighted by Gasteiger charge is 2.12. The largest absolute Gasteiger partial charge is 0.343 e. The van der Waals surface area contributed by atoms with E-state index in [1.165, 1.54) is 6.92 Å². The van der Waals surface area contributed by atoms with Gasteiger partial charge in [0, 0.05) is 23.9 Å². The average Bonchev–Trinajstić information content (AvgIpc) is 2.56. The number of rotatable bonds is 5. The zero-order chi connectivity index (χ0) is 18.4. The van der Waals surface area contributed by atoms with Gasteiger partial charge in [-0.05, 0) is 43.2 Å². The van der Waals surface area contributed by atoms with Gasteiger partial charge in [0.1, 0.15) is 0 Å². The number of aryl methyl sites for hydroxylation is 1. The van der Waals surface area contributed by atoms with Crippen LogP contribution in [0.25, 0.3) is 0 Å². The molecule has 3 N–H and O–H groups in total. The summed E-state index contributed by atoms with van der Waals surface area (Å²) in [4.78, 5) is 35.4. The van der Waals surface area contributed by atoms with Crippen molar-refractivity contribution in [1.29, 1.82) is 0 Å². The molecule has 6 heteroatoms. The zero-order valence-electron chi connectivity index (χ0n) is 14.5. The van der Waals surface area contributed by atoms with Crippen LogP contribution in [-0.4, -0.2) is 24.3 Å². The third kappa shape index (κ3) is 4.91. The molecule has 0 unspecified atom stereocenters. The molecule has 0 saturated carbocycles. The van der Waals surface area contributed by atoms with E-state index >= 15 is 0 Å². The average molecular weight is 339 g/mol. The van der Waals surface area contributed by atoms with Crippen LogP contribution in [0.2, 0.25) is 0 Å². The predicted molar refractivity (Wildman–Crippen MR) is 97.6 cm³/mol. The first kappa shape index (κ1) is 18.2. The van der Waals surface area contributed by atoms with E-state index in [4.69, 9.17) is 0 Å². The summed E-state index contributed by atoms with van der Waals surface area (Å²) in [5.74, 6) is -0.820. The molecule has 0 fully saturated rings. The summed E-state index contributed by atoms with van der Waals surface area (Å²) in [5, 5.41) is 8.05. The fourth-order valence-corrected chi connectivity index (χ4v) is 2.37. The third-order valence-electron chi connectivity index (χ3n) is 3.72. The summed E-state index contributed by atoms with van der Waals surface area (Å²) in [5.41, 5.74) is 3.35. The number of hydrogen-bond donors (Lipinski definition) is 3. The Hall–Kier alpha value is -3.15. The van der Waals surface area contributed by atoms with Crippen molar-refractivity contribution < 1.29 is 14.4 Å². The van der Waals surface area contributed by atoms with Gasteiger partial charge in [-0.2, -0.15) is 0 Å². The van der Waals surface area contributed by atoms with Crippen LogP contribution in [0.3, 0.4) is 0 Å². The van der Waals surface area contributed by atoms with Crippen LogP contribution in [0.15, 0.2) is 42.5 Å². The molecule has 2 aromatic carbocycles. The quantitative estimate of drug-likeness (QED) is 0.782. The van der Waals surface area contributed by atoms with E-state index in [1.807, 2.05) is 19.1 Å². The Morgan fingerprint density at radius 2 is 1.52 bits per heavy atom. The molecule has 0 aliphatic rings. The van der Waals surface area contributed by atoms with Crippen LogP contribution in [0, 0.1) is 13.8 Å². The van der Waals surface area contributed by atoms with Gasteiger partial charge < -0.3 is 16.0 Å². The first-order chi connectivity index (χ1) is 11.9. The maximum absolute atomic E-state index is 12.1. The van der Waals surface area contributed by atoms with Crippen molar-refractivity contribution in [3.63, 3.8) is 0 Å². The highest BCUT2D eigenvalue weighted by molar-refractivity contribution is 6.01. The molecule has 3 amide bonds. The molecule has 0 spiro atoms. The van der Waals surface area contributed by atoms with E-state index < -0.39 is 0 Å². The SMILES string of the molecule is CC(=O)Nc1cccc(NC(=O)CNC(=O)c2ccccc2C)c1C. The first-order valence-corrected chi connectivity index (χ1v) is 7.89. The molecule has 0 saturated heterocycles. The number of benzene rings is 2. The van der Waals surface area contributed by atoms with Gasteiger partial charge in [0.2, 0.25) is 11.8 Å². The van der Waals surface area contributed by atoms with Crippen LogP contribution in [-0.2, 0) is 9.59 Å². The van der Waals surface area contributed by atoms with Crippen LogP contribution in [0.4, 0.5) is 11.4 Å². The molecule has 2 rings (SSSR count). The van der Waals surface area contributed by atoms with Gasteiger partial charge in [-0.25, -0.2) is 0 Å². The lowest BCUT2D eigenvalue weighted by atomic mass is 10.1. The topological polar surface area (TPSA) is 87.3 Å². The molecule has 0 aromatic heterocycles. The highest BCUT2D eigenvalue weighted by atomic mass is 16.2. The van der Waals surface area contributed by atoms with E-state index in [-0.39, 0.29) is 24.3 Å². The molecule has 0 bridgehead atoms. The molecule has 2 aromatic rings. The monoisotopic (exact) mass is 339 g/mol. The van der Waals surface area contributed by atoms with Crippen molar-refractivity contribution in [2.75, 3.05) is 17.2 Å². The van der Waals surface area contributed by atoms with Crippen LogP contribution in [0.1, 0.15) is 28.4 Å². The van der Waals surface area contributed by atoms with Gasteiger partial charge in [0.25, 0.3) is 5.91 Å². The summed E-state index contributed by atoms with van der Waals surface area (Å²) in [7, 11) is 0. The summed E-state index contributed by atoms with van der Waals surface area (Å²) in [6.07, 6.45) is 0. The van der Waals surface area contributed by atoms with Crippen molar-refractivity contribution in [3.05, 3.63) is 59.2 Å². The Morgan fingerprint density at radius 1 is 0.880 bits per heavy atom. The van der Waals surface area contributed by atoms with Crippen molar-refractivity contribution in [3.8, 4) is 0 Å². The Bertz CT molecular complexity index is 815. The van der Waals surface area contributed by atoms with E-state index in [1.54, 1.807) is 37.3 Å². The smallest absolute Gasteiger partial charge is 0.251 e. The minimum atomic E-state index is -0.343. The maximum Gasteiger partial charge on any atom is 0.251 e. The Morgan fingerprint density at radius 3 is 2.16 bits per heavy atom. The fourth-order valence-electron chi connectivity index (χ4n) is 2.37. The van der Waals surface area contributed by atoms with Gasteiger partial charge in [-0.1, -0.05) is 24.3 Å². The number of hydrogen-bond acceptors (Lipinski definition) is 3.